The van der Waals surface area contributed by atoms with Crippen LogP contribution in [0.25, 0.3) is 17.2 Å². The molecule has 1 fully saturated rings. The van der Waals surface area contributed by atoms with Crippen molar-refractivity contribution in [2.45, 2.75) is 57.6 Å². The van der Waals surface area contributed by atoms with Gasteiger partial charge >= 0.3 is 0 Å². The molecule has 154 valence electrons. The smallest absolute Gasteiger partial charge is 0.207 e. The minimum absolute atomic E-state index is 0.213. The molecule has 1 aliphatic rings. The van der Waals surface area contributed by atoms with Crippen LogP contribution in [-0.2, 0) is 4.74 Å². The number of nitrogen functional groups attached to an aromatic ring is 1. The van der Waals surface area contributed by atoms with Crippen molar-refractivity contribution in [1.82, 2.24) is 19.5 Å². The molecule has 0 amide bonds. The van der Waals surface area contributed by atoms with Crippen molar-refractivity contribution in [2.75, 3.05) is 24.2 Å². The van der Waals surface area contributed by atoms with Crippen molar-refractivity contribution in [2.24, 2.45) is 0 Å². The molecule has 10 nitrogen and oxygen atoms in total. The maximum absolute atomic E-state index is 10.5. The Balaban J connectivity index is 2.07. The van der Waals surface area contributed by atoms with Crippen LogP contribution in [0.1, 0.15) is 45.2 Å². The van der Waals surface area contributed by atoms with E-state index in [1.807, 2.05) is 13.0 Å². The fraction of sp³-hybridized carbons (Fsp3) is 0.611. The molecule has 0 radical (unpaired) electrons. The SMILES string of the molecule is CCCCC=Cc1nc(N)c2nc(NCC)n([C@@H]3O[C@H](CO)C(O)C3O)c2n1. The highest BCUT2D eigenvalue weighted by Gasteiger charge is 2.45. The molecule has 0 aliphatic carbocycles. The largest absolute Gasteiger partial charge is 0.394 e. The van der Waals surface area contributed by atoms with Crippen LogP contribution in [0.3, 0.4) is 0 Å². The van der Waals surface area contributed by atoms with Crippen molar-refractivity contribution < 1.29 is 20.1 Å². The maximum atomic E-state index is 10.5. The molecular weight excluding hydrogens is 364 g/mol. The van der Waals surface area contributed by atoms with Gasteiger partial charge in [0.1, 0.15) is 18.3 Å². The van der Waals surface area contributed by atoms with Gasteiger partial charge in [-0.3, -0.25) is 4.57 Å². The zero-order valence-electron chi connectivity index (χ0n) is 16.1. The first-order valence-electron chi connectivity index (χ1n) is 9.60. The number of fused-ring (bicyclic) bond motifs is 1. The lowest BCUT2D eigenvalue weighted by molar-refractivity contribution is -0.0501. The molecular formula is C18H28N6O4. The van der Waals surface area contributed by atoms with Gasteiger partial charge in [-0.15, -0.1) is 0 Å². The van der Waals surface area contributed by atoms with Crippen LogP contribution in [-0.4, -0.2) is 66.3 Å². The number of ether oxygens (including phenoxy) is 1. The van der Waals surface area contributed by atoms with Crippen LogP contribution in [0.2, 0.25) is 0 Å². The van der Waals surface area contributed by atoms with Gasteiger partial charge in [-0.1, -0.05) is 25.8 Å². The summed E-state index contributed by atoms with van der Waals surface area (Å²) < 4.78 is 7.24. The number of hydrogen-bond acceptors (Lipinski definition) is 9. The van der Waals surface area contributed by atoms with Crippen LogP contribution >= 0.6 is 0 Å². The number of nitrogens with two attached hydrogens (primary N) is 1. The molecule has 2 aromatic heterocycles. The zero-order chi connectivity index (χ0) is 20.3. The minimum Gasteiger partial charge on any atom is -0.394 e. The summed E-state index contributed by atoms with van der Waals surface area (Å²) in [7, 11) is 0. The predicted molar refractivity (Wildman–Crippen MR) is 105 cm³/mol. The van der Waals surface area contributed by atoms with E-state index < -0.39 is 31.1 Å². The molecule has 1 aliphatic heterocycles. The van der Waals surface area contributed by atoms with Gasteiger partial charge in [-0.25, -0.2) is 15.0 Å². The predicted octanol–water partition coefficient (Wildman–Crippen LogP) is 0.655. The summed E-state index contributed by atoms with van der Waals surface area (Å²) in [5.41, 5.74) is 6.86. The average molecular weight is 392 g/mol. The number of nitrogens with zero attached hydrogens (tertiary/aromatic N) is 4. The second kappa shape index (κ2) is 8.82. The van der Waals surface area contributed by atoms with Crippen molar-refractivity contribution >= 4 is 29.0 Å². The second-order valence-electron chi connectivity index (χ2n) is 6.75. The topological polar surface area (TPSA) is 152 Å². The first-order valence-corrected chi connectivity index (χ1v) is 9.60. The zero-order valence-corrected chi connectivity index (χ0v) is 16.1. The normalized spacial score (nSPS) is 25.2. The van der Waals surface area contributed by atoms with Crippen LogP contribution in [0, 0.1) is 0 Å². The highest BCUT2D eigenvalue weighted by atomic mass is 16.6. The van der Waals surface area contributed by atoms with Crippen LogP contribution in [0.4, 0.5) is 11.8 Å². The van der Waals surface area contributed by atoms with Crippen LogP contribution in [0.5, 0.6) is 0 Å². The second-order valence-corrected chi connectivity index (χ2v) is 6.75. The highest BCUT2D eigenvalue weighted by Crippen LogP contribution is 2.35. The molecule has 0 bridgehead atoms. The van der Waals surface area contributed by atoms with E-state index in [0.29, 0.717) is 29.5 Å². The van der Waals surface area contributed by atoms with E-state index in [1.165, 1.54) is 0 Å². The molecule has 0 aromatic carbocycles. The van der Waals surface area contributed by atoms with E-state index in [1.54, 1.807) is 10.6 Å². The lowest BCUT2D eigenvalue weighted by atomic mass is 10.1. The third kappa shape index (κ3) is 3.81. The number of unbranched alkanes of at least 4 members (excludes halogenated alkanes) is 2. The van der Waals surface area contributed by atoms with Crippen LogP contribution < -0.4 is 11.1 Å². The molecule has 3 heterocycles. The molecule has 4 atom stereocenters. The summed E-state index contributed by atoms with van der Waals surface area (Å²) >= 11 is 0. The molecule has 1 saturated heterocycles. The molecule has 6 N–H and O–H groups in total. The molecule has 0 saturated carbocycles. The van der Waals surface area contributed by atoms with E-state index in [4.69, 9.17) is 10.5 Å². The Hall–Kier alpha value is -2.27. The number of rotatable bonds is 8. The van der Waals surface area contributed by atoms with Crippen molar-refractivity contribution in [1.29, 1.82) is 0 Å². The standard InChI is InChI=1S/C18H28N6O4/c1-3-5-6-7-8-11-21-15(19)12-16(22-11)24(18(23-12)20-4-2)17-14(27)13(26)10(9-25)28-17/h7-8,10,13-14,17,25-27H,3-6,9H2,1-2H3,(H,20,23)(H2,19,21,22)/t10-,13?,14?,17-/m1/s1. The van der Waals surface area contributed by atoms with E-state index in [2.05, 4.69) is 27.2 Å². The van der Waals surface area contributed by atoms with Gasteiger partial charge in [0.2, 0.25) is 5.95 Å². The first kappa shape index (κ1) is 20.5. The number of nitrogens with one attached hydrogen (secondary N) is 1. The Labute approximate surface area is 163 Å². The lowest BCUT2D eigenvalue weighted by Gasteiger charge is -2.19. The molecule has 0 spiro atoms. The molecule has 2 aromatic rings. The van der Waals surface area contributed by atoms with Crippen molar-refractivity contribution in [3.05, 3.63) is 11.9 Å². The number of aliphatic hydroxyl groups is 3. The first-order chi connectivity index (χ1) is 13.5. The minimum atomic E-state index is -1.26. The van der Waals surface area contributed by atoms with E-state index in [0.717, 1.165) is 19.3 Å². The molecule has 28 heavy (non-hydrogen) atoms. The lowest BCUT2D eigenvalue weighted by Crippen LogP contribution is -2.33. The summed E-state index contributed by atoms with van der Waals surface area (Å²) in [6, 6.07) is 0. The monoisotopic (exact) mass is 392 g/mol. The van der Waals surface area contributed by atoms with Gasteiger partial charge in [0.15, 0.2) is 29.0 Å². The number of aliphatic hydroxyl groups excluding tert-OH is 3. The van der Waals surface area contributed by atoms with Crippen LogP contribution in [0.15, 0.2) is 6.08 Å². The van der Waals surface area contributed by atoms with Gasteiger partial charge in [-0.05, 0) is 19.4 Å². The van der Waals surface area contributed by atoms with Crippen molar-refractivity contribution in [3.63, 3.8) is 0 Å². The number of allylic oxidation sites excluding steroid dienone is 1. The third-order valence-electron chi connectivity index (χ3n) is 4.68. The number of aromatic nitrogens is 4. The Bertz CT molecular complexity index is 839. The van der Waals surface area contributed by atoms with Crippen molar-refractivity contribution in [3.8, 4) is 0 Å². The summed E-state index contributed by atoms with van der Waals surface area (Å²) in [5, 5.41) is 33.1. The van der Waals surface area contributed by atoms with E-state index in [9.17, 15) is 15.3 Å². The number of hydrogen-bond donors (Lipinski definition) is 5. The van der Waals surface area contributed by atoms with E-state index in [-0.39, 0.29) is 5.82 Å². The fourth-order valence-electron chi connectivity index (χ4n) is 3.22. The maximum Gasteiger partial charge on any atom is 0.207 e. The quantitative estimate of drug-likeness (QED) is 0.408. The highest BCUT2D eigenvalue weighted by molar-refractivity contribution is 5.85. The Morgan fingerprint density at radius 2 is 2.00 bits per heavy atom. The Morgan fingerprint density at radius 3 is 2.64 bits per heavy atom. The van der Waals surface area contributed by atoms with Gasteiger partial charge in [-0.2, -0.15) is 0 Å². The van der Waals surface area contributed by atoms with E-state index >= 15 is 0 Å². The van der Waals surface area contributed by atoms with Gasteiger partial charge in [0, 0.05) is 6.54 Å². The van der Waals surface area contributed by atoms with Gasteiger partial charge in [0.25, 0.3) is 0 Å². The average Bonchev–Trinajstić information content (AvgIpc) is 3.17. The number of anilines is 2. The Kier molecular flexibility index (Phi) is 6.45. The summed E-state index contributed by atoms with van der Waals surface area (Å²) in [4.78, 5) is 13.3. The van der Waals surface area contributed by atoms with Gasteiger partial charge < -0.3 is 31.1 Å². The molecule has 2 unspecified atom stereocenters. The molecule has 10 heteroatoms. The molecule has 3 rings (SSSR count). The summed E-state index contributed by atoms with van der Waals surface area (Å²) in [6.07, 6.45) is 2.50. The Morgan fingerprint density at radius 1 is 1.21 bits per heavy atom. The summed E-state index contributed by atoms with van der Waals surface area (Å²) in [5.74, 6) is 1.03. The fourth-order valence-corrected chi connectivity index (χ4v) is 3.22. The number of imidazole rings is 1. The van der Waals surface area contributed by atoms with Gasteiger partial charge in [0.05, 0.1) is 6.61 Å². The summed E-state index contributed by atoms with van der Waals surface area (Å²) in [6.45, 7) is 4.17. The third-order valence-corrected chi connectivity index (χ3v) is 4.68.